The van der Waals surface area contributed by atoms with Crippen LogP contribution in [0, 0.1) is 5.92 Å². The zero-order valence-corrected chi connectivity index (χ0v) is 15.0. The van der Waals surface area contributed by atoms with E-state index < -0.39 is 15.6 Å². The maximum atomic E-state index is 12.2. The summed E-state index contributed by atoms with van der Waals surface area (Å²) in [6, 6.07) is 0. The Hall–Kier alpha value is -1.44. The molecular weight excluding hydrogens is 318 g/mol. The minimum atomic E-state index is -3.61. The lowest BCUT2D eigenvalue weighted by atomic mass is 9.97. The quantitative estimate of drug-likeness (QED) is 0.823. The molecule has 1 aromatic rings. The van der Waals surface area contributed by atoms with Gasteiger partial charge in [-0.15, -0.1) is 0 Å². The molecule has 1 amide bonds. The average Bonchev–Trinajstić information content (AvgIpc) is 2.85. The van der Waals surface area contributed by atoms with Crippen LogP contribution >= 0.6 is 0 Å². The second kappa shape index (κ2) is 6.59. The first kappa shape index (κ1) is 17.9. The molecule has 1 aliphatic heterocycles. The molecule has 1 aliphatic rings. The Morgan fingerprint density at radius 2 is 2.09 bits per heavy atom. The topological polar surface area (TPSA) is 93.4 Å². The molecule has 1 aromatic heterocycles. The third-order valence-electron chi connectivity index (χ3n) is 3.81. The van der Waals surface area contributed by atoms with Gasteiger partial charge in [-0.2, -0.15) is 4.98 Å². The lowest BCUT2D eigenvalue weighted by Crippen LogP contribution is -2.42. The van der Waals surface area contributed by atoms with Gasteiger partial charge in [0.15, 0.2) is 15.7 Å². The summed E-state index contributed by atoms with van der Waals surface area (Å²) >= 11 is 0. The number of amides is 1. The van der Waals surface area contributed by atoms with E-state index in [0.717, 1.165) is 12.8 Å². The molecule has 1 saturated heterocycles. The van der Waals surface area contributed by atoms with Crippen LogP contribution in [0.2, 0.25) is 0 Å². The predicted octanol–water partition coefficient (Wildman–Crippen LogP) is 1.54. The van der Waals surface area contributed by atoms with Crippen LogP contribution in [-0.2, 0) is 25.8 Å². The fourth-order valence-corrected chi connectivity index (χ4v) is 3.73. The zero-order valence-electron chi connectivity index (χ0n) is 14.2. The molecule has 130 valence electrons. The molecular formula is C15H25N3O4S. The van der Waals surface area contributed by atoms with Gasteiger partial charge in [0.1, 0.15) is 11.5 Å². The van der Waals surface area contributed by atoms with E-state index in [2.05, 4.69) is 17.1 Å². The van der Waals surface area contributed by atoms with E-state index in [-0.39, 0.29) is 22.9 Å². The summed E-state index contributed by atoms with van der Waals surface area (Å²) in [7, 11) is -3.61. The maximum absolute atomic E-state index is 12.2. The first-order valence-corrected chi connectivity index (χ1v) is 9.70. The largest absolute Gasteiger partial charge is 0.342 e. The predicted molar refractivity (Wildman–Crippen MR) is 85.5 cm³/mol. The lowest BCUT2D eigenvalue weighted by Gasteiger charge is -2.30. The Morgan fingerprint density at radius 1 is 1.39 bits per heavy atom. The van der Waals surface area contributed by atoms with Crippen LogP contribution in [0.15, 0.2) is 4.52 Å². The summed E-state index contributed by atoms with van der Waals surface area (Å²) in [4.78, 5) is 18.0. The van der Waals surface area contributed by atoms with Gasteiger partial charge in [0.2, 0.25) is 11.8 Å². The lowest BCUT2D eigenvalue weighted by molar-refractivity contribution is -0.130. The molecule has 0 aromatic carbocycles. The minimum Gasteiger partial charge on any atom is -0.342 e. The van der Waals surface area contributed by atoms with Gasteiger partial charge in [-0.3, -0.25) is 4.79 Å². The second-order valence-corrected chi connectivity index (χ2v) is 9.45. The zero-order chi connectivity index (χ0) is 17.3. The van der Waals surface area contributed by atoms with Crippen molar-refractivity contribution in [3.05, 3.63) is 11.7 Å². The third-order valence-corrected chi connectivity index (χ3v) is 5.20. The van der Waals surface area contributed by atoms with Crippen LogP contribution < -0.4 is 0 Å². The van der Waals surface area contributed by atoms with Gasteiger partial charge in [0.05, 0.1) is 0 Å². The van der Waals surface area contributed by atoms with Crippen molar-refractivity contribution in [2.45, 2.75) is 51.7 Å². The van der Waals surface area contributed by atoms with E-state index in [1.807, 2.05) is 20.8 Å². The second-order valence-electron chi connectivity index (χ2n) is 7.39. The van der Waals surface area contributed by atoms with E-state index >= 15 is 0 Å². The van der Waals surface area contributed by atoms with E-state index in [4.69, 9.17) is 4.52 Å². The van der Waals surface area contributed by atoms with Crippen LogP contribution in [0.5, 0.6) is 0 Å². The molecule has 7 nitrogen and oxygen atoms in total. The highest BCUT2D eigenvalue weighted by molar-refractivity contribution is 7.91. The molecule has 1 fully saturated rings. The summed E-state index contributed by atoms with van der Waals surface area (Å²) in [6.45, 7) is 9.04. The van der Waals surface area contributed by atoms with Crippen molar-refractivity contribution in [1.82, 2.24) is 15.0 Å². The number of rotatable bonds is 4. The highest BCUT2D eigenvalue weighted by Gasteiger charge is 2.28. The van der Waals surface area contributed by atoms with Crippen LogP contribution in [0.3, 0.4) is 0 Å². The molecule has 0 saturated carbocycles. The van der Waals surface area contributed by atoms with E-state index in [0.29, 0.717) is 24.9 Å². The standard InChI is InChI=1S/C15H25N3O4S/c1-11-6-5-7-18(8-11)13(19)10-23(20,21)9-12-16-14(22-17-12)15(2,3)4/h11H,5-10H2,1-4H3/t11-/m0/s1. The summed E-state index contributed by atoms with van der Waals surface area (Å²) in [6.07, 6.45) is 2.00. The third kappa shape index (κ3) is 5.02. The van der Waals surface area contributed by atoms with E-state index in [1.165, 1.54) is 0 Å². The highest BCUT2D eigenvalue weighted by atomic mass is 32.2. The van der Waals surface area contributed by atoms with Gasteiger partial charge in [-0.1, -0.05) is 32.9 Å². The Bertz CT molecular complexity index is 661. The van der Waals surface area contributed by atoms with Crippen LogP contribution in [-0.4, -0.2) is 48.2 Å². The Morgan fingerprint density at radius 3 is 2.65 bits per heavy atom. The monoisotopic (exact) mass is 343 g/mol. The van der Waals surface area contributed by atoms with Gasteiger partial charge < -0.3 is 9.42 Å². The number of likely N-dealkylation sites (tertiary alicyclic amines) is 1. The summed E-state index contributed by atoms with van der Waals surface area (Å²) in [5.41, 5.74) is -0.339. The van der Waals surface area contributed by atoms with Crippen molar-refractivity contribution in [2.24, 2.45) is 5.92 Å². The molecule has 2 rings (SSSR count). The molecule has 0 aliphatic carbocycles. The van der Waals surface area contributed by atoms with Crippen molar-refractivity contribution < 1.29 is 17.7 Å². The molecule has 0 bridgehead atoms. The fraction of sp³-hybridized carbons (Fsp3) is 0.800. The van der Waals surface area contributed by atoms with Crippen LogP contribution in [0.1, 0.15) is 52.3 Å². The molecule has 1 atom stereocenters. The number of hydrogen-bond acceptors (Lipinski definition) is 6. The smallest absolute Gasteiger partial charge is 0.237 e. The van der Waals surface area contributed by atoms with Gasteiger partial charge in [-0.05, 0) is 18.8 Å². The molecule has 2 heterocycles. The number of carbonyl (C=O) groups is 1. The number of sulfone groups is 1. The van der Waals surface area contributed by atoms with E-state index in [1.54, 1.807) is 4.90 Å². The van der Waals surface area contributed by atoms with Gasteiger partial charge >= 0.3 is 0 Å². The van der Waals surface area contributed by atoms with Crippen molar-refractivity contribution in [3.63, 3.8) is 0 Å². The number of carbonyl (C=O) groups excluding carboxylic acids is 1. The normalized spacial score (nSPS) is 19.8. The highest BCUT2D eigenvalue weighted by Crippen LogP contribution is 2.20. The molecule has 0 spiro atoms. The van der Waals surface area contributed by atoms with Crippen LogP contribution in [0.25, 0.3) is 0 Å². The Balaban J connectivity index is 1.99. The minimum absolute atomic E-state index is 0.106. The summed E-state index contributed by atoms with van der Waals surface area (Å²) in [5.74, 6) is -0.299. The summed E-state index contributed by atoms with van der Waals surface area (Å²) < 4.78 is 29.5. The number of aromatic nitrogens is 2. The van der Waals surface area contributed by atoms with Crippen molar-refractivity contribution in [3.8, 4) is 0 Å². The van der Waals surface area contributed by atoms with Crippen molar-refractivity contribution in [1.29, 1.82) is 0 Å². The van der Waals surface area contributed by atoms with Crippen molar-refractivity contribution >= 4 is 15.7 Å². The SMILES string of the molecule is C[C@H]1CCCN(C(=O)CS(=O)(=O)Cc2noc(C(C)(C)C)n2)C1. The van der Waals surface area contributed by atoms with E-state index in [9.17, 15) is 13.2 Å². The first-order chi connectivity index (χ1) is 10.6. The molecule has 8 heteroatoms. The maximum Gasteiger partial charge on any atom is 0.237 e. The number of piperidine rings is 1. The van der Waals surface area contributed by atoms with Gasteiger partial charge in [-0.25, -0.2) is 8.42 Å². The molecule has 0 radical (unpaired) electrons. The first-order valence-electron chi connectivity index (χ1n) is 7.88. The molecule has 23 heavy (non-hydrogen) atoms. The van der Waals surface area contributed by atoms with Gasteiger partial charge in [0, 0.05) is 18.5 Å². The molecule has 0 N–H and O–H groups in total. The Labute approximate surface area is 137 Å². The number of nitrogens with zero attached hydrogens (tertiary/aromatic N) is 3. The fourth-order valence-electron chi connectivity index (χ4n) is 2.56. The van der Waals surface area contributed by atoms with Crippen LogP contribution in [0.4, 0.5) is 0 Å². The Kier molecular flexibility index (Phi) is 5.13. The van der Waals surface area contributed by atoms with Crippen molar-refractivity contribution in [2.75, 3.05) is 18.8 Å². The summed E-state index contributed by atoms with van der Waals surface area (Å²) in [5, 5.41) is 3.71. The molecule has 0 unspecified atom stereocenters. The number of hydrogen-bond donors (Lipinski definition) is 0. The average molecular weight is 343 g/mol. The van der Waals surface area contributed by atoms with Gasteiger partial charge in [0.25, 0.3) is 0 Å².